The number of methoxy groups -OCH3 is 1. The van der Waals surface area contributed by atoms with Gasteiger partial charge in [0.1, 0.15) is 23.8 Å². The normalized spacial score (nSPS) is 17.6. The monoisotopic (exact) mass is 480 g/mol. The number of amides is 1. The molecule has 0 fully saturated rings. The summed E-state index contributed by atoms with van der Waals surface area (Å²) in [5.74, 6) is 2.35. The van der Waals surface area contributed by atoms with Crippen LogP contribution in [0.15, 0.2) is 40.2 Å². The summed E-state index contributed by atoms with van der Waals surface area (Å²) in [5, 5.41) is 2.12. The standard InChI is InChI=1S/C28H36N2O3S/c1-17(2)11-18-13-21-24(14-23(18)32-7)33-16-22-25(21)19(12-20-9-8-10-34-20)15-29-26(22)27(31)30(6)28(3,4)5/h8-10,13-14,17,19H,11-12,15-16H2,1-7H3. The van der Waals surface area contributed by atoms with Crippen molar-refractivity contribution in [2.24, 2.45) is 16.8 Å². The Hall–Kier alpha value is -2.60. The van der Waals surface area contributed by atoms with Crippen LogP contribution in [0.2, 0.25) is 0 Å². The molecule has 1 aromatic carbocycles. The average molecular weight is 481 g/mol. The van der Waals surface area contributed by atoms with E-state index in [1.165, 1.54) is 16.0 Å². The molecular formula is C28H36N2O3S. The highest BCUT2D eigenvalue weighted by molar-refractivity contribution is 7.09. The number of carbonyl (C=O) groups excluding carboxylic acids is 1. The lowest BCUT2D eigenvalue weighted by molar-refractivity contribution is -0.126. The second-order valence-electron chi connectivity index (χ2n) is 10.6. The van der Waals surface area contributed by atoms with E-state index in [0.29, 0.717) is 24.8 Å². The Morgan fingerprint density at radius 2 is 2.09 bits per heavy atom. The van der Waals surface area contributed by atoms with Gasteiger partial charge in [0, 0.05) is 47.1 Å². The molecule has 0 radical (unpaired) electrons. The molecule has 1 unspecified atom stereocenters. The average Bonchev–Trinajstić information content (AvgIpc) is 3.29. The van der Waals surface area contributed by atoms with E-state index in [-0.39, 0.29) is 17.4 Å². The zero-order valence-electron chi connectivity index (χ0n) is 21.4. The zero-order valence-corrected chi connectivity index (χ0v) is 22.2. The highest BCUT2D eigenvalue weighted by Crippen LogP contribution is 2.45. The third kappa shape index (κ3) is 4.78. The number of nitrogens with zero attached hydrogens (tertiary/aromatic N) is 2. The van der Waals surface area contributed by atoms with Crippen LogP contribution in [-0.2, 0) is 17.6 Å². The number of dihydropyridines is 1. The summed E-state index contributed by atoms with van der Waals surface area (Å²) in [6.07, 6.45) is 1.82. The maximum atomic E-state index is 13.5. The number of fused-ring (bicyclic) bond motifs is 2. The van der Waals surface area contributed by atoms with Gasteiger partial charge in [-0.1, -0.05) is 19.9 Å². The SMILES string of the molecule is COc1cc2c(cc1CC(C)C)C1=C(CO2)C(C(=O)N(C)C(C)(C)C)=NCC1Cc1cccs1. The summed E-state index contributed by atoms with van der Waals surface area (Å²) < 4.78 is 11.9. The Labute approximate surface area is 207 Å². The van der Waals surface area contributed by atoms with E-state index in [9.17, 15) is 4.79 Å². The maximum Gasteiger partial charge on any atom is 0.272 e. The molecule has 3 heterocycles. The molecule has 34 heavy (non-hydrogen) atoms. The zero-order chi connectivity index (χ0) is 24.6. The Morgan fingerprint density at radius 1 is 1.32 bits per heavy atom. The van der Waals surface area contributed by atoms with Gasteiger partial charge in [0.2, 0.25) is 0 Å². The molecule has 182 valence electrons. The van der Waals surface area contributed by atoms with Crippen LogP contribution in [0.25, 0.3) is 5.57 Å². The Bertz CT molecular complexity index is 1120. The molecule has 2 aliphatic rings. The first-order chi connectivity index (χ1) is 16.1. The molecule has 6 heteroatoms. The van der Waals surface area contributed by atoms with Gasteiger partial charge in [-0.05, 0) is 68.2 Å². The summed E-state index contributed by atoms with van der Waals surface area (Å²) in [4.78, 5) is 21.5. The van der Waals surface area contributed by atoms with Gasteiger partial charge in [0.15, 0.2) is 0 Å². The Morgan fingerprint density at radius 3 is 2.71 bits per heavy atom. The van der Waals surface area contributed by atoms with Crippen molar-refractivity contribution in [2.45, 2.75) is 53.0 Å². The van der Waals surface area contributed by atoms with E-state index in [0.717, 1.165) is 35.5 Å². The van der Waals surface area contributed by atoms with Crippen LogP contribution in [0, 0.1) is 11.8 Å². The summed E-state index contributed by atoms with van der Waals surface area (Å²) in [7, 11) is 3.57. The van der Waals surface area contributed by atoms with Gasteiger partial charge in [0.25, 0.3) is 5.91 Å². The fourth-order valence-corrected chi connectivity index (χ4v) is 5.45. The smallest absolute Gasteiger partial charge is 0.272 e. The quantitative estimate of drug-likeness (QED) is 0.535. The lowest BCUT2D eigenvalue weighted by atomic mass is 9.79. The topological polar surface area (TPSA) is 51.1 Å². The number of thiophene rings is 1. The first-order valence-corrected chi connectivity index (χ1v) is 12.9. The first kappa shape index (κ1) is 24.5. The van der Waals surface area contributed by atoms with Crippen LogP contribution in [-0.4, -0.2) is 49.4 Å². The molecule has 4 rings (SSSR count). The minimum atomic E-state index is -0.292. The van der Waals surface area contributed by atoms with Crippen LogP contribution < -0.4 is 9.47 Å². The third-order valence-electron chi connectivity index (χ3n) is 6.70. The fourth-order valence-electron chi connectivity index (χ4n) is 4.66. The van der Waals surface area contributed by atoms with Crippen LogP contribution in [0.5, 0.6) is 11.5 Å². The summed E-state index contributed by atoms with van der Waals surface area (Å²) >= 11 is 1.77. The van der Waals surface area contributed by atoms with E-state index in [4.69, 9.17) is 14.5 Å². The van der Waals surface area contributed by atoms with Crippen molar-refractivity contribution in [1.82, 2.24) is 4.90 Å². The van der Waals surface area contributed by atoms with E-state index < -0.39 is 0 Å². The number of ether oxygens (including phenoxy) is 2. The van der Waals surface area contributed by atoms with Crippen LogP contribution in [0.4, 0.5) is 0 Å². The van der Waals surface area contributed by atoms with Crippen molar-refractivity contribution in [3.05, 3.63) is 51.2 Å². The number of aliphatic imine (C=N–C) groups is 1. The molecule has 2 aliphatic heterocycles. The molecule has 0 saturated heterocycles. The van der Waals surface area contributed by atoms with Crippen molar-refractivity contribution < 1.29 is 14.3 Å². The minimum absolute atomic E-state index is 0.0439. The van der Waals surface area contributed by atoms with Crippen molar-refractivity contribution in [2.75, 3.05) is 27.3 Å². The van der Waals surface area contributed by atoms with Crippen LogP contribution in [0.3, 0.4) is 0 Å². The van der Waals surface area contributed by atoms with Gasteiger partial charge in [-0.3, -0.25) is 9.79 Å². The predicted molar refractivity (Wildman–Crippen MR) is 140 cm³/mol. The van der Waals surface area contributed by atoms with E-state index in [1.807, 2.05) is 33.9 Å². The van der Waals surface area contributed by atoms with Crippen molar-refractivity contribution in [3.8, 4) is 11.5 Å². The molecule has 0 bridgehead atoms. The molecule has 0 spiro atoms. The van der Waals surface area contributed by atoms with E-state index in [1.54, 1.807) is 23.3 Å². The van der Waals surface area contributed by atoms with Gasteiger partial charge in [-0.25, -0.2) is 0 Å². The molecule has 0 N–H and O–H groups in total. The number of benzene rings is 1. The number of hydrogen-bond acceptors (Lipinski definition) is 5. The van der Waals surface area contributed by atoms with Gasteiger partial charge in [-0.15, -0.1) is 11.3 Å². The van der Waals surface area contributed by atoms with Gasteiger partial charge >= 0.3 is 0 Å². The number of hydrogen-bond donors (Lipinski definition) is 0. The fraction of sp³-hybridized carbons (Fsp3) is 0.500. The van der Waals surface area contributed by atoms with Crippen molar-refractivity contribution in [3.63, 3.8) is 0 Å². The lowest BCUT2D eigenvalue weighted by Crippen LogP contribution is -2.47. The highest BCUT2D eigenvalue weighted by atomic mass is 32.1. The first-order valence-electron chi connectivity index (χ1n) is 12.0. The molecule has 0 aliphatic carbocycles. The molecule has 1 atom stereocenters. The molecule has 2 aromatic rings. The van der Waals surface area contributed by atoms with Crippen molar-refractivity contribution >= 4 is 28.5 Å². The van der Waals surface area contributed by atoms with Crippen molar-refractivity contribution in [1.29, 1.82) is 0 Å². The lowest BCUT2D eigenvalue weighted by Gasteiger charge is -2.37. The Kier molecular flexibility index (Phi) is 6.90. The molecule has 1 aromatic heterocycles. The second-order valence-corrected chi connectivity index (χ2v) is 11.7. The van der Waals surface area contributed by atoms with Crippen LogP contribution in [0.1, 0.15) is 50.6 Å². The summed E-state index contributed by atoms with van der Waals surface area (Å²) in [6.45, 7) is 11.5. The predicted octanol–water partition coefficient (Wildman–Crippen LogP) is 5.67. The third-order valence-corrected chi connectivity index (χ3v) is 7.60. The minimum Gasteiger partial charge on any atom is -0.496 e. The van der Waals surface area contributed by atoms with E-state index in [2.05, 4.69) is 37.4 Å². The van der Waals surface area contributed by atoms with Crippen LogP contribution >= 0.6 is 11.3 Å². The highest BCUT2D eigenvalue weighted by Gasteiger charge is 2.37. The molecule has 1 amide bonds. The summed E-state index contributed by atoms with van der Waals surface area (Å²) in [6, 6.07) is 8.53. The Balaban J connectivity index is 1.84. The van der Waals surface area contributed by atoms with E-state index >= 15 is 0 Å². The van der Waals surface area contributed by atoms with Gasteiger partial charge in [-0.2, -0.15) is 0 Å². The van der Waals surface area contributed by atoms with Gasteiger partial charge in [0.05, 0.1) is 7.11 Å². The maximum absolute atomic E-state index is 13.5. The van der Waals surface area contributed by atoms with Gasteiger partial charge < -0.3 is 14.4 Å². The molecule has 5 nitrogen and oxygen atoms in total. The number of carbonyl (C=O) groups is 1. The second kappa shape index (κ2) is 9.57. The number of rotatable bonds is 6. The largest absolute Gasteiger partial charge is 0.496 e. The molecule has 0 saturated carbocycles. The summed E-state index contributed by atoms with van der Waals surface area (Å²) in [5.41, 5.74) is 4.65. The molecular weight excluding hydrogens is 444 g/mol.